The van der Waals surface area contributed by atoms with Gasteiger partial charge in [-0.15, -0.1) is 21.8 Å². The lowest BCUT2D eigenvalue weighted by Gasteiger charge is -2.00. The van der Waals surface area contributed by atoms with Crippen molar-refractivity contribution in [3.8, 4) is 0 Å². The molecule has 1 rings (SSSR count). The molecule has 6 nitrogen and oxygen atoms in total. The Morgan fingerprint density at radius 1 is 1.54 bits per heavy atom. The molecule has 70 valence electrons. The molecule has 1 aromatic heterocycles. The molecule has 0 atom stereocenters. The average molecular weight is 202 g/mol. The second-order valence-corrected chi connectivity index (χ2v) is 2.59. The number of carbonyl (C=O) groups excluding carboxylic acids is 1. The number of alkyl halides is 1. The van der Waals surface area contributed by atoms with E-state index in [9.17, 15) is 4.79 Å². The fourth-order valence-corrected chi connectivity index (χ4v) is 0.795. The minimum Gasteiger partial charge on any atom is -0.351 e. The molecule has 0 aliphatic carbocycles. The van der Waals surface area contributed by atoms with Gasteiger partial charge in [0, 0.05) is 12.4 Å². The van der Waals surface area contributed by atoms with E-state index in [0.717, 1.165) is 6.42 Å². The van der Waals surface area contributed by atoms with E-state index in [1.165, 1.54) is 6.20 Å². The Kier molecular flexibility index (Phi) is 4.04. The molecule has 7 heteroatoms. The standard InChI is InChI=1S/C6H8ClN5O/c7-2-1-3-8-6(13)5-4-9-11-12-10-5/h4H,1-3H2,(H,8,13). The topological polar surface area (TPSA) is 80.7 Å². The number of carbonyl (C=O) groups is 1. The van der Waals surface area contributed by atoms with Gasteiger partial charge in [0.25, 0.3) is 5.91 Å². The molecule has 1 heterocycles. The van der Waals surface area contributed by atoms with E-state index in [4.69, 9.17) is 11.6 Å². The summed E-state index contributed by atoms with van der Waals surface area (Å²) in [6, 6.07) is 0. The lowest BCUT2D eigenvalue weighted by Crippen LogP contribution is -2.26. The summed E-state index contributed by atoms with van der Waals surface area (Å²) < 4.78 is 0. The Morgan fingerprint density at radius 3 is 3.00 bits per heavy atom. The monoisotopic (exact) mass is 201 g/mol. The average Bonchev–Trinajstić information content (AvgIpc) is 2.19. The normalized spacial score (nSPS) is 9.62. The maximum absolute atomic E-state index is 11.2. The van der Waals surface area contributed by atoms with Crippen molar-refractivity contribution in [3.05, 3.63) is 11.9 Å². The van der Waals surface area contributed by atoms with Gasteiger partial charge in [0.1, 0.15) is 0 Å². The van der Waals surface area contributed by atoms with Crippen molar-refractivity contribution in [2.45, 2.75) is 6.42 Å². The molecule has 1 amide bonds. The van der Waals surface area contributed by atoms with Gasteiger partial charge in [0.15, 0.2) is 5.69 Å². The number of halogens is 1. The third-order valence-electron chi connectivity index (χ3n) is 1.25. The van der Waals surface area contributed by atoms with E-state index in [1.807, 2.05) is 0 Å². The zero-order valence-corrected chi connectivity index (χ0v) is 7.53. The molecule has 0 radical (unpaired) electrons. The van der Waals surface area contributed by atoms with Gasteiger partial charge in [-0.25, -0.2) is 0 Å². The van der Waals surface area contributed by atoms with Gasteiger partial charge in [0.05, 0.1) is 6.20 Å². The van der Waals surface area contributed by atoms with Crippen LogP contribution in [-0.2, 0) is 0 Å². The predicted octanol–water partition coefficient (Wildman–Crippen LogP) is -0.375. The van der Waals surface area contributed by atoms with Gasteiger partial charge in [-0.2, -0.15) is 0 Å². The van der Waals surface area contributed by atoms with Crippen molar-refractivity contribution in [2.75, 3.05) is 12.4 Å². The number of aromatic nitrogens is 4. The summed E-state index contributed by atoms with van der Waals surface area (Å²) in [6.45, 7) is 0.520. The molecular formula is C6H8ClN5O. The Bertz CT molecular complexity index is 267. The van der Waals surface area contributed by atoms with Crippen LogP contribution in [0.2, 0.25) is 0 Å². The molecule has 0 aromatic carbocycles. The van der Waals surface area contributed by atoms with E-state index in [-0.39, 0.29) is 11.6 Å². The molecule has 13 heavy (non-hydrogen) atoms. The van der Waals surface area contributed by atoms with Crippen LogP contribution in [0.1, 0.15) is 16.9 Å². The zero-order valence-electron chi connectivity index (χ0n) is 6.77. The first-order chi connectivity index (χ1) is 6.34. The first kappa shape index (κ1) is 9.79. The number of hydrogen-bond acceptors (Lipinski definition) is 5. The van der Waals surface area contributed by atoms with E-state index in [0.29, 0.717) is 12.4 Å². The minimum atomic E-state index is -0.312. The number of nitrogens with zero attached hydrogens (tertiary/aromatic N) is 4. The Hall–Kier alpha value is -1.30. The molecule has 0 fully saturated rings. The molecule has 1 N–H and O–H groups in total. The number of rotatable bonds is 4. The number of hydrogen-bond donors (Lipinski definition) is 1. The van der Waals surface area contributed by atoms with Crippen molar-refractivity contribution in [3.63, 3.8) is 0 Å². The van der Waals surface area contributed by atoms with Crippen LogP contribution >= 0.6 is 11.6 Å². The summed E-state index contributed by atoms with van der Waals surface area (Å²) in [7, 11) is 0. The first-order valence-electron chi connectivity index (χ1n) is 3.70. The van der Waals surface area contributed by atoms with Gasteiger partial charge in [-0.1, -0.05) is 0 Å². The highest BCUT2D eigenvalue weighted by molar-refractivity contribution is 6.17. The van der Waals surface area contributed by atoms with E-state index in [2.05, 4.69) is 25.9 Å². The molecule has 1 aromatic rings. The molecular weight excluding hydrogens is 194 g/mol. The maximum atomic E-state index is 11.2. The Labute approximate surface area is 79.7 Å². The maximum Gasteiger partial charge on any atom is 0.273 e. The third kappa shape index (κ3) is 3.29. The van der Waals surface area contributed by atoms with Gasteiger partial charge < -0.3 is 5.32 Å². The molecule has 0 aliphatic rings. The Balaban J connectivity index is 2.40. The molecule has 0 saturated carbocycles. The molecule has 0 aliphatic heterocycles. The highest BCUT2D eigenvalue weighted by atomic mass is 35.5. The lowest BCUT2D eigenvalue weighted by atomic mass is 10.4. The summed E-state index contributed by atoms with van der Waals surface area (Å²) in [5.74, 6) is 0.202. The predicted molar refractivity (Wildman–Crippen MR) is 45.3 cm³/mol. The van der Waals surface area contributed by atoms with Crippen molar-refractivity contribution in [1.29, 1.82) is 0 Å². The third-order valence-corrected chi connectivity index (χ3v) is 1.52. The highest BCUT2D eigenvalue weighted by Crippen LogP contribution is 1.87. The van der Waals surface area contributed by atoms with Crippen molar-refractivity contribution in [2.24, 2.45) is 0 Å². The molecule has 0 spiro atoms. The van der Waals surface area contributed by atoms with E-state index in [1.54, 1.807) is 0 Å². The summed E-state index contributed by atoms with van der Waals surface area (Å²) in [4.78, 5) is 11.2. The highest BCUT2D eigenvalue weighted by Gasteiger charge is 2.05. The van der Waals surface area contributed by atoms with Crippen molar-refractivity contribution in [1.82, 2.24) is 25.9 Å². The van der Waals surface area contributed by atoms with E-state index >= 15 is 0 Å². The van der Waals surface area contributed by atoms with Crippen molar-refractivity contribution < 1.29 is 4.79 Å². The minimum absolute atomic E-state index is 0.157. The first-order valence-corrected chi connectivity index (χ1v) is 4.23. The van der Waals surface area contributed by atoms with Crippen LogP contribution < -0.4 is 5.32 Å². The summed E-state index contributed by atoms with van der Waals surface area (Å²) in [5, 5.41) is 16.0. The number of nitrogens with one attached hydrogen (secondary N) is 1. The van der Waals surface area contributed by atoms with Gasteiger partial charge in [-0.05, 0) is 16.8 Å². The van der Waals surface area contributed by atoms with Crippen LogP contribution in [0.25, 0.3) is 0 Å². The molecule has 0 unspecified atom stereocenters. The second-order valence-electron chi connectivity index (χ2n) is 2.21. The quantitative estimate of drug-likeness (QED) is 0.531. The summed E-state index contributed by atoms with van der Waals surface area (Å²) in [6.07, 6.45) is 1.97. The van der Waals surface area contributed by atoms with Crippen LogP contribution in [0.15, 0.2) is 6.20 Å². The molecule has 0 saturated heterocycles. The SMILES string of the molecule is O=C(NCCCCl)c1cnnnn1. The second kappa shape index (κ2) is 5.36. The largest absolute Gasteiger partial charge is 0.351 e. The van der Waals surface area contributed by atoms with Crippen LogP contribution in [-0.4, -0.2) is 39.0 Å². The smallest absolute Gasteiger partial charge is 0.273 e. The van der Waals surface area contributed by atoms with Crippen LogP contribution in [0, 0.1) is 0 Å². The Morgan fingerprint density at radius 2 is 2.38 bits per heavy atom. The fraction of sp³-hybridized carbons (Fsp3) is 0.500. The fourth-order valence-electron chi connectivity index (χ4n) is 0.661. The van der Waals surface area contributed by atoms with Crippen molar-refractivity contribution >= 4 is 17.5 Å². The molecule has 0 bridgehead atoms. The van der Waals surface area contributed by atoms with Crippen LogP contribution in [0.5, 0.6) is 0 Å². The zero-order chi connectivity index (χ0) is 9.52. The lowest BCUT2D eigenvalue weighted by molar-refractivity contribution is 0.0946. The van der Waals surface area contributed by atoms with Gasteiger partial charge in [-0.3, -0.25) is 4.79 Å². The van der Waals surface area contributed by atoms with Gasteiger partial charge >= 0.3 is 0 Å². The van der Waals surface area contributed by atoms with E-state index < -0.39 is 0 Å². The summed E-state index contributed by atoms with van der Waals surface area (Å²) >= 11 is 5.43. The van der Waals surface area contributed by atoms with Gasteiger partial charge in [0.2, 0.25) is 0 Å². The van der Waals surface area contributed by atoms with Crippen LogP contribution in [0.4, 0.5) is 0 Å². The van der Waals surface area contributed by atoms with Crippen LogP contribution in [0.3, 0.4) is 0 Å². The number of amides is 1. The summed E-state index contributed by atoms with van der Waals surface area (Å²) in [5.41, 5.74) is 0.157.